The highest BCUT2D eigenvalue weighted by Crippen LogP contribution is 2.36. The second kappa shape index (κ2) is 12.3. The molecule has 0 amide bonds. The molecule has 3 aromatic carbocycles. The van der Waals surface area contributed by atoms with Crippen molar-refractivity contribution in [3.05, 3.63) is 96.8 Å². The number of aliphatic hydroxyl groups is 1. The molecular weight excluding hydrogens is 547 g/mol. The molecule has 4 aromatic rings. The lowest BCUT2D eigenvalue weighted by atomic mass is 10.1. The van der Waals surface area contributed by atoms with Gasteiger partial charge in [-0.2, -0.15) is 17.6 Å². The van der Waals surface area contributed by atoms with E-state index in [2.05, 4.69) is 4.74 Å². The summed E-state index contributed by atoms with van der Waals surface area (Å²) in [6.45, 7) is -0.908. The lowest BCUT2D eigenvalue weighted by Crippen LogP contribution is -2.37. The molecule has 0 aliphatic carbocycles. The molecule has 12 heteroatoms. The second-order valence-corrected chi connectivity index (χ2v) is 8.53. The number of alkyl halides is 7. The third-order valence-electron chi connectivity index (χ3n) is 5.61. The van der Waals surface area contributed by atoms with Crippen LogP contribution in [0.5, 0.6) is 17.2 Å². The van der Waals surface area contributed by atoms with Gasteiger partial charge in [-0.05, 0) is 48.5 Å². The van der Waals surface area contributed by atoms with Crippen LogP contribution in [0, 0.1) is 0 Å². The van der Waals surface area contributed by atoms with Crippen LogP contribution in [-0.4, -0.2) is 36.7 Å². The lowest BCUT2D eigenvalue weighted by molar-refractivity contribution is -0.253. The summed E-state index contributed by atoms with van der Waals surface area (Å²) in [6.07, 6.45) is -15.3. The molecule has 0 radical (unpaired) electrons. The Balaban J connectivity index is 1.62. The molecule has 0 aliphatic heterocycles. The Morgan fingerprint density at radius 1 is 0.800 bits per heavy atom. The van der Waals surface area contributed by atoms with Crippen LogP contribution in [0.4, 0.5) is 36.4 Å². The third-order valence-corrected chi connectivity index (χ3v) is 5.61. The van der Waals surface area contributed by atoms with Crippen LogP contribution in [-0.2, 0) is 0 Å². The predicted molar refractivity (Wildman–Crippen MR) is 132 cm³/mol. The first kappa shape index (κ1) is 28.8. The number of nitrogens with zero attached hydrogens (tertiary/aromatic N) is 1. The van der Waals surface area contributed by atoms with Crippen molar-refractivity contribution in [1.29, 1.82) is 0 Å². The van der Waals surface area contributed by atoms with E-state index in [0.717, 1.165) is 29.2 Å². The third kappa shape index (κ3) is 7.06. The molecule has 0 spiro atoms. The molecule has 212 valence electrons. The molecule has 1 aromatic heterocycles. The summed E-state index contributed by atoms with van der Waals surface area (Å²) in [4.78, 5) is 0.757. The van der Waals surface area contributed by atoms with E-state index in [1.807, 2.05) is 0 Å². The molecule has 0 aliphatic rings. The van der Waals surface area contributed by atoms with Crippen molar-refractivity contribution >= 4 is 5.69 Å². The van der Waals surface area contributed by atoms with Gasteiger partial charge in [0.25, 0.3) is 6.43 Å². The number of anilines is 1. The van der Waals surface area contributed by atoms with E-state index in [0.29, 0.717) is 17.1 Å². The van der Waals surface area contributed by atoms with Gasteiger partial charge >= 0.3 is 12.5 Å². The van der Waals surface area contributed by atoms with Crippen LogP contribution in [0.25, 0.3) is 11.3 Å². The first-order chi connectivity index (χ1) is 19.0. The fourth-order valence-corrected chi connectivity index (χ4v) is 3.74. The lowest BCUT2D eigenvalue weighted by Gasteiger charge is -2.31. The first-order valence-corrected chi connectivity index (χ1v) is 11.8. The van der Waals surface area contributed by atoms with Crippen LogP contribution < -0.4 is 14.4 Å². The van der Waals surface area contributed by atoms with E-state index in [-0.39, 0.29) is 17.0 Å². The van der Waals surface area contributed by atoms with E-state index < -0.39 is 43.7 Å². The quantitative estimate of drug-likeness (QED) is 0.138. The molecule has 0 saturated carbocycles. The molecule has 1 unspecified atom stereocenters. The average Bonchev–Trinajstić information content (AvgIpc) is 3.46. The fraction of sp³-hybridized carbons (Fsp3) is 0.214. The highest BCUT2D eigenvalue weighted by molar-refractivity contribution is 5.60. The van der Waals surface area contributed by atoms with Crippen LogP contribution in [0.15, 0.2) is 95.6 Å². The van der Waals surface area contributed by atoms with E-state index in [1.54, 1.807) is 36.4 Å². The highest BCUT2D eigenvalue weighted by Gasteiger charge is 2.44. The number of hydrogen-bond donors (Lipinski definition) is 1. The van der Waals surface area contributed by atoms with Gasteiger partial charge in [-0.15, -0.1) is 0 Å². The van der Waals surface area contributed by atoms with Crippen LogP contribution >= 0.6 is 0 Å². The standard InChI is InChI=1S/C28H22F7NO4/c29-25(30)23(37)16-36(26(31)18-6-2-10-22(14-18)40-28(34,35)27(32)33)19-7-3-9-21(15-19)39-20-8-1-5-17(13-20)24-11-4-12-38-24/h1-15,23,25-27,37H,16H2/t23-,26?/m1/s1. The molecule has 0 bridgehead atoms. The van der Waals surface area contributed by atoms with Gasteiger partial charge in [-0.3, -0.25) is 0 Å². The van der Waals surface area contributed by atoms with Gasteiger partial charge in [0.05, 0.1) is 12.8 Å². The van der Waals surface area contributed by atoms with Crippen molar-refractivity contribution in [2.75, 3.05) is 11.4 Å². The number of aliphatic hydroxyl groups excluding tert-OH is 1. The van der Waals surface area contributed by atoms with Crippen LogP contribution in [0.3, 0.4) is 0 Å². The number of ether oxygens (including phenoxy) is 2. The zero-order chi connectivity index (χ0) is 28.9. The van der Waals surface area contributed by atoms with E-state index >= 15 is 4.39 Å². The van der Waals surface area contributed by atoms with Gasteiger partial charge in [0.2, 0.25) is 0 Å². The SMILES string of the molecule is O[C@H](CN(c1cccc(Oc2cccc(-c3ccco3)c2)c1)C(F)c1cccc(OC(F)(F)C(F)F)c1)C(F)F. The number of hydrogen-bond acceptors (Lipinski definition) is 5. The molecule has 0 saturated heterocycles. The molecule has 5 nitrogen and oxygen atoms in total. The summed E-state index contributed by atoms with van der Waals surface area (Å²) in [5, 5.41) is 9.84. The van der Waals surface area contributed by atoms with E-state index in [1.165, 1.54) is 30.5 Å². The average molecular weight is 569 g/mol. The predicted octanol–water partition coefficient (Wildman–Crippen LogP) is 8.08. The molecule has 2 atom stereocenters. The van der Waals surface area contributed by atoms with Crippen molar-refractivity contribution in [1.82, 2.24) is 0 Å². The molecule has 1 N–H and O–H groups in total. The Kier molecular flexibility index (Phi) is 8.88. The van der Waals surface area contributed by atoms with Crippen molar-refractivity contribution in [3.8, 4) is 28.6 Å². The van der Waals surface area contributed by atoms with Crippen LogP contribution in [0.1, 0.15) is 11.9 Å². The molecule has 4 rings (SSSR count). The van der Waals surface area contributed by atoms with E-state index in [9.17, 15) is 31.4 Å². The summed E-state index contributed by atoms with van der Waals surface area (Å²) in [5.74, 6) is 0.385. The minimum Gasteiger partial charge on any atom is -0.464 e. The minimum atomic E-state index is -4.84. The topological polar surface area (TPSA) is 55.1 Å². The number of benzene rings is 3. The highest BCUT2D eigenvalue weighted by atomic mass is 19.3. The summed E-state index contributed by atoms with van der Waals surface area (Å²) in [5.41, 5.74) is 0.335. The monoisotopic (exact) mass is 569 g/mol. The molecule has 0 fully saturated rings. The number of furan rings is 1. The Bertz CT molecular complexity index is 1380. The van der Waals surface area contributed by atoms with Gasteiger partial charge < -0.3 is 23.9 Å². The molecule has 40 heavy (non-hydrogen) atoms. The van der Waals surface area contributed by atoms with E-state index in [4.69, 9.17) is 9.15 Å². The zero-order valence-electron chi connectivity index (χ0n) is 20.4. The maximum absolute atomic E-state index is 15.8. The Morgan fingerprint density at radius 3 is 2.15 bits per heavy atom. The number of rotatable bonds is 12. The fourth-order valence-electron chi connectivity index (χ4n) is 3.74. The molecule has 1 heterocycles. The van der Waals surface area contributed by atoms with Gasteiger partial charge in [0, 0.05) is 22.9 Å². The molecular formula is C28H22F7NO4. The van der Waals surface area contributed by atoms with Gasteiger partial charge in [0.15, 0.2) is 6.30 Å². The van der Waals surface area contributed by atoms with Crippen molar-refractivity contribution < 1.29 is 49.7 Å². The number of halogens is 7. The van der Waals surface area contributed by atoms with Crippen LogP contribution in [0.2, 0.25) is 0 Å². The normalized spacial score (nSPS) is 13.3. The Labute approximate surface area is 224 Å². The second-order valence-electron chi connectivity index (χ2n) is 8.53. The summed E-state index contributed by atoms with van der Waals surface area (Å²) >= 11 is 0. The van der Waals surface area contributed by atoms with Crippen molar-refractivity contribution in [2.24, 2.45) is 0 Å². The summed E-state index contributed by atoms with van der Waals surface area (Å²) in [7, 11) is 0. The zero-order valence-corrected chi connectivity index (χ0v) is 20.4. The van der Waals surface area contributed by atoms with Gasteiger partial charge in [-0.1, -0.05) is 30.3 Å². The minimum absolute atomic E-state index is 0.00359. The summed E-state index contributed by atoms with van der Waals surface area (Å²) in [6, 6.07) is 19.8. The van der Waals surface area contributed by atoms with Crippen molar-refractivity contribution in [3.63, 3.8) is 0 Å². The smallest absolute Gasteiger partial charge is 0.461 e. The largest absolute Gasteiger partial charge is 0.464 e. The summed E-state index contributed by atoms with van der Waals surface area (Å²) < 4.78 is 109. The van der Waals surface area contributed by atoms with Gasteiger partial charge in [-0.25, -0.2) is 13.2 Å². The van der Waals surface area contributed by atoms with Gasteiger partial charge in [0.1, 0.15) is 29.1 Å². The Hall–Kier alpha value is -4.19. The first-order valence-electron chi connectivity index (χ1n) is 11.8. The maximum atomic E-state index is 15.8. The van der Waals surface area contributed by atoms with Crippen molar-refractivity contribution in [2.45, 2.75) is 31.4 Å². The maximum Gasteiger partial charge on any atom is 0.461 e. The Morgan fingerprint density at radius 2 is 1.48 bits per heavy atom.